The molecule has 1 aliphatic heterocycles. The minimum absolute atomic E-state index is 0.103. The fourth-order valence-electron chi connectivity index (χ4n) is 3.78. The summed E-state index contributed by atoms with van der Waals surface area (Å²) in [5.41, 5.74) is -1.82. The van der Waals surface area contributed by atoms with Crippen molar-refractivity contribution in [1.82, 2.24) is 14.0 Å². The number of benzene rings is 2. The molecule has 0 atom stereocenters. The van der Waals surface area contributed by atoms with Gasteiger partial charge in [0.1, 0.15) is 18.2 Å². The largest absolute Gasteiger partial charge is 0.341 e. The van der Waals surface area contributed by atoms with Crippen LogP contribution >= 0.6 is 0 Å². The Morgan fingerprint density at radius 1 is 1.06 bits per heavy atom. The first kappa shape index (κ1) is 22.6. The van der Waals surface area contributed by atoms with Crippen LogP contribution in [0.1, 0.15) is 12.8 Å². The van der Waals surface area contributed by atoms with Crippen LogP contribution in [0.2, 0.25) is 0 Å². The van der Waals surface area contributed by atoms with Crippen molar-refractivity contribution in [2.24, 2.45) is 7.05 Å². The minimum Gasteiger partial charge on any atom is -0.341 e. The Morgan fingerprint density at radius 2 is 1.76 bits per heavy atom. The molecule has 0 aliphatic carbocycles. The van der Waals surface area contributed by atoms with Crippen molar-refractivity contribution in [3.63, 3.8) is 0 Å². The van der Waals surface area contributed by atoms with Crippen LogP contribution in [0, 0.1) is 11.6 Å². The summed E-state index contributed by atoms with van der Waals surface area (Å²) in [6, 6.07) is 5.85. The lowest BCUT2D eigenvalue weighted by molar-refractivity contribution is -0.130. The van der Waals surface area contributed by atoms with Crippen molar-refractivity contribution >= 4 is 32.5 Å². The number of anilines is 1. The SMILES string of the molecule is Cn1c(=O)n(CC(=O)N2CCCC2)c(=O)c2cc(S(=O)(=O)Nc3ccc(F)cc3F)ccc21. The highest BCUT2D eigenvalue weighted by molar-refractivity contribution is 7.92. The fraction of sp³-hybridized carbons (Fsp3) is 0.286. The quantitative estimate of drug-likeness (QED) is 0.596. The van der Waals surface area contributed by atoms with Crippen LogP contribution in [0.4, 0.5) is 14.5 Å². The zero-order valence-electron chi connectivity index (χ0n) is 17.5. The molecule has 12 heteroatoms. The maximum Gasteiger partial charge on any atom is 0.331 e. The highest BCUT2D eigenvalue weighted by Crippen LogP contribution is 2.22. The molecule has 2 aromatic carbocycles. The van der Waals surface area contributed by atoms with Crippen molar-refractivity contribution in [2.75, 3.05) is 17.8 Å². The summed E-state index contributed by atoms with van der Waals surface area (Å²) in [6.07, 6.45) is 1.69. The number of rotatable bonds is 5. The molecule has 1 aromatic heterocycles. The standard InChI is InChI=1S/C21H20F2N4O5S/c1-25-18-7-5-14(33(31,32)24-17-6-4-13(22)10-16(17)23)11-15(18)20(29)27(21(25)30)12-19(28)26-8-2-3-9-26/h4-7,10-11,24H,2-3,8-9,12H2,1H3. The Labute approximate surface area is 186 Å². The average molecular weight is 478 g/mol. The molecule has 1 saturated heterocycles. The van der Waals surface area contributed by atoms with Gasteiger partial charge < -0.3 is 4.90 Å². The lowest BCUT2D eigenvalue weighted by Crippen LogP contribution is -2.43. The first-order chi connectivity index (χ1) is 15.6. The Hall–Kier alpha value is -3.54. The van der Waals surface area contributed by atoms with E-state index in [4.69, 9.17) is 0 Å². The van der Waals surface area contributed by atoms with Gasteiger partial charge in [-0.2, -0.15) is 0 Å². The predicted molar refractivity (Wildman–Crippen MR) is 116 cm³/mol. The Bertz CT molecular complexity index is 1490. The lowest BCUT2D eigenvalue weighted by atomic mass is 10.2. The minimum atomic E-state index is -4.35. The Balaban J connectivity index is 1.76. The zero-order valence-corrected chi connectivity index (χ0v) is 18.4. The molecule has 174 valence electrons. The monoisotopic (exact) mass is 478 g/mol. The van der Waals surface area contributed by atoms with Crippen LogP contribution in [0.15, 0.2) is 50.9 Å². The molecule has 0 unspecified atom stereocenters. The van der Waals surface area contributed by atoms with E-state index in [1.807, 2.05) is 4.72 Å². The van der Waals surface area contributed by atoms with Crippen LogP contribution in [-0.4, -0.2) is 41.4 Å². The summed E-state index contributed by atoms with van der Waals surface area (Å²) < 4.78 is 56.5. The molecule has 33 heavy (non-hydrogen) atoms. The van der Waals surface area contributed by atoms with Crippen molar-refractivity contribution in [3.8, 4) is 0 Å². The average Bonchev–Trinajstić information content (AvgIpc) is 3.32. The Morgan fingerprint density at radius 3 is 2.42 bits per heavy atom. The third-order valence-electron chi connectivity index (χ3n) is 5.56. The third kappa shape index (κ3) is 4.25. The van der Waals surface area contributed by atoms with Crippen molar-refractivity contribution in [1.29, 1.82) is 0 Å². The van der Waals surface area contributed by atoms with Gasteiger partial charge in [-0.15, -0.1) is 0 Å². The molecule has 1 N–H and O–H groups in total. The van der Waals surface area contributed by atoms with Crippen LogP contribution in [0.25, 0.3) is 10.9 Å². The molecular weight excluding hydrogens is 458 g/mol. The van der Waals surface area contributed by atoms with Gasteiger partial charge in [-0.3, -0.25) is 23.4 Å². The summed E-state index contributed by atoms with van der Waals surface area (Å²) in [7, 11) is -2.95. The van der Waals surface area contributed by atoms with E-state index in [1.54, 1.807) is 4.90 Å². The summed E-state index contributed by atoms with van der Waals surface area (Å²) in [5.74, 6) is -2.35. The molecule has 2 heterocycles. The number of nitrogens with one attached hydrogen (secondary N) is 1. The maximum atomic E-state index is 13.9. The van der Waals surface area contributed by atoms with Gasteiger partial charge >= 0.3 is 5.69 Å². The highest BCUT2D eigenvalue weighted by Gasteiger charge is 2.23. The van der Waals surface area contributed by atoms with Gasteiger partial charge in [-0.25, -0.2) is 22.0 Å². The third-order valence-corrected chi connectivity index (χ3v) is 6.92. The first-order valence-corrected chi connectivity index (χ1v) is 11.6. The Kier molecular flexibility index (Phi) is 5.78. The van der Waals surface area contributed by atoms with E-state index < -0.39 is 45.1 Å². The molecular formula is C21H20F2N4O5S. The number of amides is 1. The van der Waals surface area contributed by atoms with Crippen LogP contribution < -0.4 is 16.0 Å². The number of halogens is 2. The lowest BCUT2D eigenvalue weighted by Gasteiger charge is -2.17. The molecule has 0 radical (unpaired) electrons. The number of aromatic nitrogens is 2. The summed E-state index contributed by atoms with van der Waals surface area (Å²) in [5, 5.41) is -0.103. The number of aryl methyl sites for hydroxylation is 1. The summed E-state index contributed by atoms with van der Waals surface area (Å²) >= 11 is 0. The maximum absolute atomic E-state index is 13.9. The molecule has 1 aliphatic rings. The normalized spacial score (nSPS) is 14.1. The van der Waals surface area contributed by atoms with Gasteiger partial charge in [-0.1, -0.05) is 0 Å². The van der Waals surface area contributed by atoms with Gasteiger partial charge in [0.05, 0.1) is 21.5 Å². The predicted octanol–water partition coefficient (Wildman–Crippen LogP) is 1.40. The van der Waals surface area contributed by atoms with Crippen LogP contribution in [0.3, 0.4) is 0 Å². The first-order valence-electron chi connectivity index (χ1n) is 10.1. The molecule has 0 bridgehead atoms. The second-order valence-electron chi connectivity index (χ2n) is 7.73. The van der Waals surface area contributed by atoms with Gasteiger partial charge in [0.2, 0.25) is 5.91 Å². The van der Waals surface area contributed by atoms with Crippen LogP contribution in [0.5, 0.6) is 0 Å². The molecule has 0 saturated carbocycles. The van der Waals surface area contributed by atoms with E-state index in [-0.39, 0.29) is 21.7 Å². The van der Waals surface area contributed by atoms with Crippen molar-refractivity contribution in [2.45, 2.75) is 24.3 Å². The second kappa shape index (κ2) is 8.43. The molecule has 3 aromatic rings. The number of nitrogens with zero attached hydrogens (tertiary/aromatic N) is 3. The van der Waals surface area contributed by atoms with Gasteiger partial charge in [0.15, 0.2) is 0 Å². The summed E-state index contributed by atoms with van der Waals surface area (Å²) in [4.78, 5) is 39.4. The number of hydrogen-bond donors (Lipinski definition) is 1. The molecule has 0 spiro atoms. The van der Waals surface area contributed by atoms with E-state index in [9.17, 15) is 31.6 Å². The molecule has 1 fully saturated rings. The zero-order chi connectivity index (χ0) is 23.9. The number of carbonyl (C=O) groups is 1. The number of sulfonamides is 1. The van der Waals surface area contributed by atoms with Gasteiger partial charge in [-0.05, 0) is 43.2 Å². The second-order valence-corrected chi connectivity index (χ2v) is 9.41. The number of hydrogen-bond acceptors (Lipinski definition) is 5. The molecule has 4 rings (SSSR count). The summed E-state index contributed by atoms with van der Waals surface area (Å²) in [6.45, 7) is 0.641. The van der Waals surface area contributed by atoms with E-state index in [0.717, 1.165) is 46.2 Å². The van der Waals surface area contributed by atoms with E-state index in [2.05, 4.69) is 0 Å². The van der Waals surface area contributed by atoms with Gasteiger partial charge in [0, 0.05) is 26.2 Å². The van der Waals surface area contributed by atoms with E-state index in [0.29, 0.717) is 19.2 Å². The van der Waals surface area contributed by atoms with Gasteiger partial charge in [0.25, 0.3) is 15.6 Å². The number of carbonyl (C=O) groups excluding carboxylic acids is 1. The topological polar surface area (TPSA) is 110 Å². The van der Waals surface area contributed by atoms with E-state index in [1.165, 1.54) is 13.1 Å². The number of likely N-dealkylation sites (tertiary alicyclic amines) is 1. The molecule has 9 nitrogen and oxygen atoms in total. The van der Waals surface area contributed by atoms with E-state index >= 15 is 0 Å². The smallest absolute Gasteiger partial charge is 0.331 e. The highest BCUT2D eigenvalue weighted by atomic mass is 32.2. The number of fused-ring (bicyclic) bond motifs is 1. The molecule has 1 amide bonds. The van der Waals surface area contributed by atoms with Crippen LogP contribution in [-0.2, 0) is 28.4 Å². The van der Waals surface area contributed by atoms with Crippen molar-refractivity contribution in [3.05, 3.63) is 68.9 Å². The fourth-order valence-corrected chi connectivity index (χ4v) is 4.87. The van der Waals surface area contributed by atoms with Crippen molar-refractivity contribution < 1.29 is 22.0 Å².